The average molecular weight is 308 g/mol. The van der Waals surface area contributed by atoms with E-state index in [1.165, 1.54) is 23.5 Å². The van der Waals surface area contributed by atoms with Crippen molar-refractivity contribution in [3.8, 4) is 5.75 Å². The zero-order valence-corrected chi connectivity index (χ0v) is 12.1. The van der Waals surface area contributed by atoms with Gasteiger partial charge in [0.25, 0.3) is 0 Å². The summed E-state index contributed by atoms with van der Waals surface area (Å²) in [5.74, 6) is 1.07. The molecule has 0 bridgehead atoms. The first kappa shape index (κ1) is 13.9. The molecule has 21 heavy (non-hydrogen) atoms. The molecule has 6 nitrogen and oxygen atoms in total. The van der Waals surface area contributed by atoms with Crippen molar-refractivity contribution in [3.05, 3.63) is 40.9 Å². The largest absolute Gasteiger partial charge is 0.486 e. The topological polar surface area (TPSA) is 61.5 Å². The molecule has 3 rings (SSSR count). The van der Waals surface area contributed by atoms with E-state index in [1.54, 1.807) is 23.8 Å². The summed E-state index contributed by atoms with van der Waals surface area (Å²) < 4.78 is 25.1. The van der Waals surface area contributed by atoms with Gasteiger partial charge in [-0.05, 0) is 24.3 Å². The Morgan fingerprint density at radius 3 is 2.81 bits per heavy atom. The lowest BCUT2D eigenvalue weighted by Crippen LogP contribution is -2.02. The molecule has 1 aromatic carbocycles. The van der Waals surface area contributed by atoms with E-state index < -0.39 is 0 Å². The second-order valence-electron chi connectivity index (χ2n) is 4.29. The van der Waals surface area contributed by atoms with Crippen molar-refractivity contribution < 1.29 is 13.9 Å². The average Bonchev–Trinajstić information content (AvgIpc) is 3.05. The normalized spacial score (nSPS) is 11.1. The molecule has 0 aliphatic carbocycles. The predicted molar refractivity (Wildman–Crippen MR) is 75.0 cm³/mol. The minimum Gasteiger partial charge on any atom is -0.486 e. The maximum atomic E-state index is 12.8. The molecule has 0 saturated heterocycles. The predicted octanol–water partition coefficient (Wildman–Crippen LogP) is 2.09. The molecule has 2 aromatic heterocycles. The third kappa shape index (κ3) is 3.17. The minimum atomic E-state index is -0.288. The Labute approximate surface area is 124 Å². The van der Waals surface area contributed by atoms with E-state index in [9.17, 15) is 4.39 Å². The Hall–Kier alpha value is -2.06. The van der Waals surface area contributed by atoms with Crippen molar-refractivity contribution in [3.63, 3.8) is 0 Å². The molecule has 0 amide bonds. The van der Waals surface area contributed by atoms with Crippen LogP contribution < -0.4 is 4.74 Å². The van der Waals surface area contributed by atoms with Crippen molar-refractivity contribution in [1.82, 2.24) is 19.8 Å². The zero-order valence-electron chi connectivity index (χ0n) is 11.3. The zero-order chi connectivity index (χ0) is 14.7. The van der Waals surface area contributed by atoms with Gasteiger partial charge in [0.15, 0.2) is 10.8 Å². The molecule has 0 atom stereocenters. The van der Waals surface area contributed by atoms with Crippen LogP contribution in [0.5, 0.6) is 5.75 Å². The first-order valence-electron chi connectivity index (χ1n) is 6.33. The summed E-state index contributed by atoms with van der Waals surface area (Å²) in [4.78, 5) is 0.721. The van der Waals surface area contributed by atoms with Gasteiger partial charge in [0.2, 0.25) is 4.96 Å². The van der Waals surface area contributed by atoms with Crippen LogP contribution in [0.2, 0.25) is 0 Å². The van der Waals surface area contributed by atoms with Gasteiger partial charge in [-0.1, -0.05) is 11.3 Å². The molecule has 0 N–H and O–H groups in total. The summed E-state index contributed by atoms with van der Waals surface area (Å²) in [5, 5.41) is 13.3. The first-order valence-corrected chi connectivity index (χ1v) is 7.15. The molecule has 0 radical (unpaired) electrons. The van der Waals surface area contributed by atoms with Crippen molar-refractivity contribution in [2.45, 2.75) is 13.0 Å². The van der Waals surface area contributed by atoms with Crippen LogP contribution in [-0.4, -0.2) is 33.5 Å². The fourth-order valence-electron chi connectivity index (χ4n) is 1.78. The molecule has 8 heteroatoms. The highest BCUT2D eigenvalue weighted by atomic mass is 32.1. The Balaban J connectivity index is 1.69. The maximum absolute atomic E-state index is 12.8. The van der Waals surface area contributed by atoms with E-state index in [-0.39, 0.29) is 5.82 Å². The molecule has 0 aliphatic rings. The molecule has 0 unspecified atom stereocenters. The molecule has 110 valence electrons. The second-order valence-corrected chi connectivity index (χ2v) is 5.33. The number of methoxy groups -OCH3 is 1. The molecule has 2 heterocycles. The third-order valence-corrected chi connectivity index (χ3v) is 3.68. The SMILES string of the molecule is COCCc1nnc2sc(COc3ccc(F)cc3)nn12. The smallest absolute Gasteiger partial charge is 0.234 e. The van der Waals surface area contributed by atoms with Gasteiger partial charge in [-0.3, -0.25) is 0 Å². The van der Waals surface area contributed by atoms with Gasteiger partial charge in [-0.25, -0.2) is 4.39 Å². The van der Waals surface area contributed by atoms with E-state index in [1.807, 2.05) is 0 Å². The van der Waals surface area contributed by atoms with Gasteiger partial charge in [0.1, 0.15) is 18.2 Å². The number of hydrogen-bond acceptors (Lipinski definition) is 6. The lowest BCUT2D eigenvalue weighted by molar-refractivity contribution is 0.200. The summed E-state index contributed by atoms with van der Waals surface area (Å²) in [7, 11) is 1.64. The third-order valence-electron chi connectivity index (χ3n) is 2.80. The number of rotatable bonds is 6. The first-order chi connectivity index (χ1) is 10.3. The number of nitrogens with zero attached hydrogens (tertiary/aromatic N) is 4. The second kappa shape index (κ2) is 6.15. The van der Waals surface area contributed by atoms with Crippen molar-refractivity contribution in [2.24, 2.45) is 0 Å². The number of benzene rings is 1. The number of ether oxygens (including phenoxy) is 2. The number of hydrogen-bond donors (Lipinski definition) is 0. The Kier molecular flexibility index (Phi) is 4.07. The van der Waals surface area contributed by atoms with Gasteiger partial charge in [-0.15, -0.1) is 10.2 Å². The molecule has 0 spiro atoms. The lowest BCUT2D eigenvalue weighted by Gasteiger charge is -2.02. The van der Waals surface area contributed by atoms with Crippen molar-refractivity contribution in [1.29, 1.82) is 0 Å². The van der Waals surface area contributed by atoms with Crippen LogP contribution in [0.15, 0.2) is 24.3 Å². The van der Waals surface area contributed by atoms with Gasteiger partial charge < -0.3 is 9.47 Å². The van der Waals surface area contributed by atoms with Gasteiger partial charge >= 0.3 is 0 Å². The van der Waals surface area contributed by atoms with Crippen LogP contribution in [-0.2, 0) is 17.8 Å². The molecule has 0 fully saturated rings. The molecular weight excluding hydrogens is 295 g/mol. The summed E-state index contributed by atoms with van der Waals surface area (Å²) in [5.41, 5.74) is 0. The van der Waals surface area contributed by atoms with E-state index in [2.05, 4.69) is 15.3 Å². The highest BCUT2D eigenvalue weighted by molar-refractivity contribution is 7.16. The van der Waals surface area contributed by atoms with Crippen LogP contribution >= 0.6 is 11.3 Å². The number of fused-ring (bicyclic) bond motifs is 1. The van der Waals surface area contributed by atoms with Gasteiger partial charge in [0.05, 0.1) is 6.61 Å². The molecule has 0 aliphatic heterocycles. The molecule has 3 aromatic rings. The number of halogens is 1. The highest BCUT2D eigenvalue weighted by Crippen LogP contribution is 2.18. The fraction of sp³-hybridized carbons (Fsp3) is 0.308. The van der Waals surface area contributed by atoms with E-state index in [0.717, 1.165) is 15.8 Å². The standard InChI is InChI=1S/C13H13FN4O2S/c1-19-7-6-11-15-16-13-18(11)17-12(21-13)8-20-10-4-2-9(14)3-5-10/h2-5H,6-8H2,1H3. The Morgan fingerprint density at radius 1 is 1.24 bits per heavy atom. The van der Waals surface area contributed by atoms with E-state index in [4.69, 9.17) is 9.47 Å². The summed E-state index contributed by atoms with van der Waals surface area (Å²) in [6, 6.07) is 5.88. The summed E-state index contributed by atoms with van der Waals surface area (Å²) in [6.45, 7) is 0.878. The summed E-state index contributed by atoms with van der Waals surface area (Å²) >= 11 is 1.41. The fourth-order valence-corrected chi connectivity index (χ4v) is 2.55. The van der Waals surface area contributed by atoms with Gasteiger partial charge in [-0.2, -0.15) is 9.61 Å². The molecule has 0 saturated carbocycles. The monoisotopic (exact) mass is 308 g/mol. The van der Waals surface area contributed by atoms with Crippen molar-refractivity contribution in [2.75, 3.05) is 13.7 Å². The van der Waals surface area contributed by atoms with Crippen molar-refractivity contribution >= 4 is 16.3 Å². The van der Waals surface area contributed by atoms with Gasteiger partial charge in [0, 0.05) is 13.5 Å². The minimum absolute atomic E-state index is 0.288. The lowest BCUT2D eigenvalue weighted by atomic mass is 10.3. The van der Waals surface area contributed by atoms with Crippen LogP contribution in [0.1, 0.15) is 10.8 Å². The highest BCUT2D eigenvalue weighted by Gasteiger charge is 2.11. The van der Waals surface area contributed by atoms with E-state index >= 15 is 0 Å². The number of aromatic nitrogens is 4. The van der Waals surface area contributed by atoms with Crippen LogP contribution in [0.25, 0.3) is 4.96 Å². The Morgan fingerprint density at radius 2 is 2.05 bits per heavy atom. The van der Waals surface area contributed by atoms with E-state index in [0.29, 0.717) is 25.4 Å². The molecular formula is C13H13FN4O2S. The Bertz CT molecular complexity index is 725. The van der Waals surface area contributed by atoms with Crippen LogP contribution in [0.3, 0.4) is 0 Å². The van der Waals surface area contributed by atoms with Crippen LogP contribution in [0.4, 0.5) is 4.39 Å². The maximum Gasteiger partial charge on any atom is 0.234 e. The quantitative estimate of drug-likeness (QED) is 0.698. The van der Waals surface area contributed by atoms with Crippen LogP contribution in [0, 0.1) is 5.82 Å². The summed E-state index contributed by atoms with van der Waals surface area (Å²) in [6.07, 6.45) is 0.652.